The minimum absolute atomic E-state index is 0.0617. The summed E-state index contributed by atoms with van der Waals surface area (Å²) in [6.45, 7) is -1.17. The summed E-state index contributed by atoms with van der Waals surface area (Å²) in [6.07, 6.45) is -3.99. The molecule has 0 bridgehead atoms. The van der Waals surface area contributed by atoms with Crippen molar-refractivity contribution in [1.82, 2.24) is 15.1 Å². The highest BCUT2D eigenvalue weighted by Crippen LogP contribution is 2.23. The number of Topliss-reactive ketones (excluding diaryl/α,β-unsaturated/α-hetero) is 3. The number of sulfonamides is 1. The zero-order valence-corrected chi connectivity index (χ0v) is 22.6. The molecule has 216 valence electrons. The van der Waals surface area contributed by atoms with Crippen molar-refractivity contribution in [2.24, 2.45) is 5.73 Å². The highest BCUT2D eigenvalue weighted by Gasteiger charge is 2.50. The first-order chi connectivity index (χ1) is 18.8. The fourth-order valence-corrected chi connectivity index (χ4v) is 5.23. The molecule has 1 aliphatic heterocycles. The Morgan fingerprint density at radius 3 is 2.45 bits per heavy atom. The lowest BCUT2D eigenvalue weighted by Crippen LogP contribution is -2.66. The number of halogens is 3. The smallest absolute Gasteiger partial charge is 0.269 e. The summed E-state index contributed by atoms with van der Waals surface area (Å²) in [6, 6.07) is 12.1. The van der Waals surface area contributed by atoms with Crippen molar-refractivity contribution in [3.8, 4) is 0 Å². The summed E-state index contributed by atoms with van der Waals surface area (Å²) in [5.74, 6) is -5.88. The molecule has 0 aliphatic carbocycles. The molecule has 0 unspecified atom stereocenters. The number of carbonyl (C=O) groups excluding carboxylic acids is 4. The van der Waals surface area contributed by atoms with Crippen LogP contribution in [0.15, 0.2) is 59.5 Å². The molecule has 2 aromatic carbocycles. The normalized spacial score (nSPS) is 17.0. The van der Waals surface area contributed by atoms with Crippen LogP contribution in [0.1, 0.15) is 24.8 Å². The van der Waals surface area contributed by atoms with Gasteiger partial charge in [-0.1, -0.05) is 48.0 Å². The molecule has 15 heteroatoms. The summed E-state index contributed by atoms with van der Waals surface area (Å²) >= 11 is 5.82. The van der Waals surface area contributed by atoms with Gasteiger partial charge in [-0.05, 0) is 43.1 Å². The molecule has 1 saturated heterocycles. The molecule has 3 rings (SSSR count). The van der Waals surface area contributed by atoms with Gasteiger partial charge in [-0.15, -0.1) is 0 Å². The molecule has 0 spiro atoms. The summed E-state index contributed by atoms with van der Waals surface area (Å²) in [5, 5.41) is 3.11. The van der Waals surface area contributed by atoms with Crippen LogP contribution in [0.3, 0.4) is 0 Å². The average Bonchev–Trinajstić information content (AvgIpc) is 3.44. The number of rotatable bonds is 14. The van der Waals surface area contributed by atoms with Gasteiger partial charge in [-0.25, -0.2) is 21.9 Å². The zero-order chi connectivity index (χ0) is 29.5. The number of hydrogen-bond acceptors (Lipinski definition) is 10. The number of hydrogen-bond donors (Lipinski definition) is 3. The van der Waals surface area contributed by atoms with Gasteiger partial charge in [0, 0.05) is 11.4 Å². The molecule has 0 saturated carbocycles. The Kier molecular flexibility index (Phi) is 10.6. The van der Waals surface area contributed by atoms with E-state index in [9.17, 15) is 36.4 Å². The molecule has 4 N–H and O–H groups in total. The van der Waals surface area contributed by atoms with Crippen molar-refractivity contribution >= 4 is 44.9 Å². The maximum Gasteiger partial charge on any atom is 0.269 e. The molecule has 0 radical (unpaired) electrons. The van der Waals surface area contributed by atoms with Crippen molar-refractivity contribution in [1.29, 1.82) is 0 Å². The molecule has 0 aromatic heterocycles. The second kappa shape index (κ2) is 13.5. The second-order valence-corrected chi connectivity index (χ2v) is 11.1. The lowest BCUT2D eigenvalue weighted by molar-refractivity contribution is -0.232. The van der Waals surface area contributed by atoms with Gasteiger partial charge in [0.25, 0.3) is 15.8 Å². The zero-order valence-electron chi connectivity index (χ0n) is 21.0. The van der Waals surface area contributed by atoms with Crippen molar-refractivity contribution in [2.75, 3.05) is 13.1 Å². The third-order valence-corrected chi connectivity index (χ3v) is 7.59. The van der Waals surface area contributed by atoms with Crippen molar-refractivity contribution in [2.45, 2.75) is 48.9 Å². The third-order valence-electron chi connectivity index (χ3n) is 5.98. The Labute approximate surface area is 234 Å². The number of nitrogens with zero attached hydrogens (tertiary/aromatic N) is 1. The maximum atomic E-state index is 13.7. The van der Waals surface area contributed by atoms with E-state index in [1.165, 1.54) is 12.1 Å². The predicted octanol–water partition coefficient (Wildman–Crippen LogP) is 1.35. The Morgan fingerprint density at radius 1 is 1.15 bits per heavy atom. The number of ketones is 3. The van der Waals surface area contributed by atoms with Crippen LogP contribution in [0.4, 0.5) is 8.78 Å². The Bertz CT molecular complexity index is 1360. The maximum absolute atomic E-state index is 13.7. The van der Waals surface area contributed by atoms with Crippen LogP contribution in [0, 0.1) is 0 Å². The van der Waals surface area contributed by atoms with Crippen LogP contribution < -0.4 is 15.8 Å². The monoisotopic (exact) mass is 600 g/mol. The number of alkyl halides is 2. The SMILES string of the molecule is N[C@](CC(F)F)(C(=O)C(=O)C(=O)[C@@H]1CCCN1)N(CC(=O)NS(=O)(=O)c1cccc(Cl)c1)OCc1ccccc1. The van der Waals surface area contributed by atoms with Crippen molar-refractivity contribution in [3.05, 3.63) is 65.2 Å². The Morgan fingerprint density at radius 2 is 1.85 bits per heavy atom. The predicted molar refractivity (Wildman–Crippen MR) is 138 cm³/mol. The molecule has 1 fully saturated rings. The Hall–Kier alpha value is -3.14. The Balaban J connectivity index is 1.92. The molecule has 1 aliphatic rings. The quantitative estimate of drug-likeness (QED) is 0.125. The highest BCUT2D eigenvalue weighted by molar-refractivity contribution is 7.90. The van der Waals surface area contributed by atoms with Gasteiger partial charge < -0.3 is 11.1 Å². The molecule has 1 heterocycles. The molecule has 11 nitrogen and oxygen atoms in total. The second-order valence-electron chi connectivity index (χ2n) is 8.97. The molecular formula is C25H27ClF2N4O7S. The van der Waals surface area contributed by atoms with Gasteiger partial charge in [-0.3, -0.25) is 24.0 Å². The van der Waals surface area contributed by atoms with Crippen LogP contribution in [-0.4, -0.2) is 68.0 Å². The average molecular weight is 601 g/mol. The summed E-state index contributed by atoms with van der Waals surface area (Å²) in [5.41, 5.74) is 3.52. The first-order valence-electron chi connectivity index (χ1n) is 12.0. The van der Waals surface area contributed by atoms with E-state index in [0.717, 1.165) is 12.1 Å². The lowest BCUT2D eigenvalue weighted by atomic mass is 9.93. The van der Waals surface area contributed by atoms with Crippen molar-refractivity contribution in [3.63, 3.8) is 0 Å². The molecule has 2 aromatic rings. The van der Waals surface area contributed by atoms with Crippen LogP contribution in [0.2, 0.25) is 5.02 Å². The first kappa shape index (κ1) is 31.4. The van der Waals surface area contributed by atoms with Crippen LogP contribution in [0.5, 0.6) is 0 Å². The van der Waals surface area contributed by atoms with Gasteiger partial charge in [0.1, 0.15) is 6.54 Å². The molecule has 1 amide bonds. The van der Waals surface area contributed by atoms with E-state index in [2.05, 4.69) is 5.32 Å². The van der Waals surface area contributed by atoms with E-state index in [-0.39, 0.29) is 16.3 Å². The fourth-order valence-electron chi connectivity index (χ4n) is 3.95. The number of nitrogens with one attached hydrogen (secondary N) is 2. The fraction of sp³-hybridized carbons (Fsp3) is 0.360. The largest absolute Gasteiger partial charge is 0.307 e. The topological polar surface area (TPSA) is 165 Å². The number of nitrogens with two attached hydrogens (primary N) is 1. The van der Waals surface area contributed by atoms with Gasteiger partial charge in [-0.2, -0.15) is 5.06 Å². The summed E-state index contributed by atoms with van der Waals surface area (Å²) in [7, 11) is -4.49. The van der Waals surface area contributed by atoms with Gasteiger partial charge in [0.15, 0.2) is 5.66 Å². The molecule has 40 heavy (non-hydrogen) atoms. The minimum Gasteiger partial charge on any atom is -0.307 e. The summed E-state index contributed by atoms with van der Waals surface area (Å²) < 4.78 is 54.5. The van der Waals surface area contributed by atoms with E-state index >= 15 is 0 Å². The van der Waals surface area contributed by atoms with E-state index in [4.69, 9.17) is 22.2 Å². The number of amides is 1. The van der Waals surface area contributed by atoms with Crippen LogP contribution >= 0.6 is 11.6 Å². The molecule has 2 atom stereocenters. The minimum atomic E-state index is -4.49. The van der Waals surface area contributed by atoms with E-state index in [1.807, 2.05) is 0 Å². The molecular weight excluding hydrogens is 574 g/mol. The summed E-state index contributed by atoms with van der Waals surface area (Å²) in [4.78, 5) is 56.6. The van der Waals surface area contributed by atoms with Gasteiger partial charge in [0.2, 0.25) is 23.9 Å². The lowest BCUT2D eigenvalue weighted by Gasteiger charge is -2.37. The van der Waals surface area contributed by atoms with Crippen molar-refractivity contribution < 1.29 is 41.2 Å². The van der Waals surface area contributed by atoms with Crippen LogP contribution in [-0.2, 0) is 40.6 Å². The first-order valence-corrected chi connectivity index (χ1v) is 13.9. The number of hydroxylamine groups is 2. The van der Waals surface area contributed by atoms with Gasteiger partial charge in [0.05, 0.1) is 17.5 Å². The number of carbonyl (C=O) groups is 4. The van der Waals surface area contributed by atoms with E-state index in [0.29, 0.717) is 23.6 Å². The van der Waals surface area contributed by atoms with E-state index in [1.54, 1.807) is 35.1 Å². The van der Waals surface area contributed by atoms with E-state index < -0.39 is 71.0 Å². The van der Waals surface area contributed by atoms with Gasteiger partial charge >= 0.3 is 0 Å². The third kappa shape index (κ3) is 7.96. The number of benzene rings is 2. The highest BCUT2D eigenvalue weighted by atomic mass is 35.5. The van der Waals surface area contributed by atoms with Crippen LogP contribution in [0.25, 0.3) is 0 Å². The standard InChI is InChI=1S/C25H27ClF2N4O7S/c26-17-8-4-9-18(12-17)40(37,38)31-21(33)14-32(39-15-16-6-2-1-3-7-16)25(29,13-20(27)28)24(36)23(35)22(34)19-10-5-11-30-19/h1-4,6-9,12,19-20,30H,5,10-11,13-15,29H2,(H,31,33)/t19-,25-/m0/s1.